The Morgan fingerprint density at radius 3 is 2.44 bits per heavy atom. The molecule has 2 aromatic carbocycles. The van der Waals surface area contributed by atoms with Gasteiger partial charge in [0.05, 0.1) is 19.1 Å². The van der Waals surface area contributed by atoms with E-state index < -0.39 is 41.9 Å². The number of hydrogen-bond donors (Lipinski definition) is 3. The monoisotopic (exact) mass is 474 g/mol. The van der Waals surface area contributed by atoms with Crippen LogP contribution in [0.15, 0.2) is 42.5 Å². The fourth-order valence-corrected chi connectivity index (χ4v) is 3.70. The number of nitrogens with two attached hydrogens (primary N) is 1. The average molecular weight is 474 g/mol. The van der Waals surface area contributed by atoms with Crippen molar-refractivity contribution in [1.82, 2.24) is 9.80 Å². The molecule has 9 nitrogen and oxygen atoms in total. The van der Waals surface area contributed by atoms with E-state index in [9.17, 15) is 28.3 Å². The zero-order chi connectivity index (χ0) is 24.8. The fourth-order valence-electron chi connectivity index (χ4n) is 3.70. The lowest BCUT2D eigenvalue weighted by atomic mass is 10.00. The molecule has 2 aromatic rings. The lowest BCUT2D eigenvalue weighted by Gasteiger charge is -2.38. The molecule has 1 heterocycles. The number of halogens is 2. The topological polar surface area (TPSA) is 137 Å². The number of piperazine rings is 1. The van der Waals surface area contributed by atoms with E-state index >= 15 is 0 Å². The second kappa shape index (κ2) is 10.7. The Morgan fingerprint density at radius 1 is 1.12 bits per heavy atom. The first-order chi connectivity index (χ1) is 16.2. The minimum atomic E-state index is -1.29. The zero-order valence-electron chi connectivity index (χ0n) is 18.2. The van der Waals surface area contributed by atoms with Crippen LogP contribution in [-0.4, -0.2) is 64.8 Å². The molecule has 0 spiro atoms. The second-order valence-corrected chi connectivity index (χ2v) is 7.71. The maximum Gasteiger partial charge on any atom is 0.312 e. The zero-order valence-corrected chi connectivity index (χ0v) is 18.2. The molecule has 0 bridgehead atoms. The van der Waals surface area contributed by atoms with Crippen LogP contribution in [0.1, 0.15) is 30.0 Å². The number of aliphatic carboxylic acids is 1. The van der Waals surface area contributed by atoms with E-state index in [1.165, 1.54) is 4.90 Å². The quantitative estimate of drug-likeness (QED) is 0.208. The Labute approximate surface area is 194 Å². The molecule has 2 amide bonds. The molecule has 0 saturated carbocycles. The van der Waals surface area contributed by atoms with Crippen LogP contribution in [0.5, 0.6) is 5.75 Å². The summed E-state index contributed by atoms with van der Waals surface area (Å²) in [5.74, 6) is -4.36. The van der Waals surface area contributed by atoms with Gasteiger partial charge in [0.1, 0.15) is 23.2 Å². The van der Waals surface area contributed by atoms with Crippen molar-refractivity contribution in [3.8, 4) is 5.75 Å². The van der Waals surface area contributed by atoms with Crippen molar-refractivity contribution in [2.75, 3.05) is 26.2 Å². The third-order valence-electron chi connectivity index (χ3n) is 5.41. The number of carboxylic acid groups (broad SMARTS) is 1. The van der Waals surface area contributed by atoms with Crippen LogP contribution in [0.2, 0.25) is 0 Å². The molecular formula is C23H24F2N4O5. The smallest absolute Gasteiger partial charge is 0.312 e. The summed E-state index contributed by atoms with van der Waals surface area (Å²) in [7, 11) is 0. The van der Waals surface area contributed by atoms with Gasteiger partial charge in [-0.2, -0.15) is 0 Å². The summed E-state index contributed by atoms with van der Waals surface area (Å²) in [6.07, 6.45) is -0.198. The van der Waals surface area contributed by atoms with Crippen LogP contribution in [0.25, 0.3) is 0 Å². The SMILES string of the molecule is N=C(N)c1ccc(OCCCN2CCN(C(CC(=O)O)c3ccc(F)cc3F)C(=O)C2=O)cc1. The number of nitrogens with one attached hydrogen (secondary N) is 1. The summed E-state index contributed by atoms with van der Waals surface area (Å²) < 4.78 is 33.2. The summed E-state index contributed by atoms with van der Waals surface area (Å²) in [6, 6.07) is 8.07. The number of carbonyl (C=O) groups excluding carboxylic acids is 2. The van der Waals surface area contributed by atoms with Crippen LogP contribution >= 0.6 is 0 Å². The number of hydrogen-bond acceptors (Lipinski definition) is 5. The van der Waals surface area contributed by atoms with Crippen molar-refractivity contribution in [2.24, 2.45) is 5.73 Å². The van der Waals surface area contributed by atoms with Gasteiger partial charge in [0, 0.05) is 36.8 Å². The Morgan fingerprint density at radius 2 is 1.82 bits per heavy atom. The summed E-state index contributed by atoms with van der Waals surface area (Å²) in [5.41, 5.74) is 5.80. The van der Waals surface area contributed by atoms with Crippen molar-refractivity contribution in [2.45, 2.75) is 18.9 Å². The molecule has 0 aliphatic carbocycles. The maximum atomic E-state index is 14.3. The van der Waals surface area contributed by atoms with Gasteiger partial charge in [0.2, 0.25) is 0 Å². The summed E-state index contributed by atoms with van der Waals surface area (Å²) >= 11 is 0. The molecule has 0 radical (unpaired) electrons. The van der Waals surface area contributed by atoms with E-state index in [0.29, 0.717) is 23.8 Å². The second-order valence-electron chi connectivity index (χ2n) is 7.71. The number of ether oxygens (including phenoxy) is 1. The van der Waals surface area contributed by atoms with Gasteiger partial charge >= 0.3 is 17.8 Å². The highest BCUT2D eigenvalue weighted by Gasteiger charge is 2.38. The van der Waals surface area contributed by atoms with Crippen molar-refractivity contribution in [1.29, 1.82) is 5.41 Å². The average Bonchev–Trinajstić information content (AvgIpc) is 2.78. The van der Waals surface area contributed by atoms with Crippen LogP contribution in [-0.2, 0) is 14.4 Å². The lowest BCUT2D eigenvalue weighted by Crippen LogP contribution is -2.55. The van der Waals surface area contributed by atoms with Gasteiger partial charge in [-0.3, -0.25) is 19.8 Å². The first-order valence-corrected chi connectivity index (χ1v) is 10.5. The van der Waals surface area contributed by atoms with Gasteiger partial charge in [-0.15, -0.1) is 0 Å². The van der Waals surface area contributed by atoms with Gasteiger partial charge in [-0.1, -0.05) is 6.07 Å². The van der Waals surface area contributed by atoms with E-state index in [2.05, 4.69) is 0 Å². The normalized spacial score (nSPS) is 14.8. The first-order valence-electron chi connectivity index (χ1n) is 10.5. The number of amidine groups is 1. The number of amides is 2. The number of benzene rings is 2. The third-order valence-corrected chi connectivity index (χ3v) is 5.41. The van der Waals surface area contributed by atoms with Crippen molar-refractivity contribution < 1.29 is 33.0 Å². The number of nitrogens with zero attached hydrogens (tertiary/aromatic N) is 2. The van der Waals surface area contributed by atoms with Gasteiger partial charge in [-0.05, 0) is 36.8 Å². The molecule has 1 saturated heterocycles. The molecular weight excluding hydrogens is 450 g/mol. The molecule has 1 atom stereocenters. The fraction of sp³-hybridized carbons (Fsp3) is 0.304. The van der Waals surface area contributed by atoms with E-state index in [-0.39, 0.29) is 37.6 Å². The maximum absolute atomic E-state index is 14.3. The standard InChI is InChI=1S/C23H24F2N4O5/c24-15-4-7-17(18(25)12-15)19(13-20(30)31)29-10-9-28(22(32)23(29)33)8-1-11-34-16-5-2-14(3-6-16)21(26)27/h2-7,12,19H,1,8-11,13H2,(H3,26,27)(H,30,31). The molecule has 11 heteroatoms. The third kappa shape index (κ3) is 5.85. The Bertz CT molecular complexity index is 1090. The number of carbonyl (C=O) groups is 3. The number of carboxylic acids is 1. The van der Waals surface area contributed by atoms with Crippen LogP contribution in [0, 0.1) is 17.0 Å². The van der Waals surface area contributed by atoms with Gasteiger partial charge < -0.3 is 25.4 Å². The highest BCUT2D eigenvalue weighted by molar-refractivity contribution is 6.35. The molecule has 1 fully saturated rings. The minimum absolute atomic E-state index is 0.00665. The van der Waals surface area contributed by atoms with Gasteiger partial charge in [0.25, 0.3) is 0 Å². The highest BCUT2D eigenvalue weighted by Crippen LogP contribution is 2.29. The van der Waals surface area contributed by atoms with E-state index in [1.54, 1.807) is 24.3 Å². The Kier molecular flexibility index (Phi) is 7.77. The first kappa shape index (κ1) is 24.6. The van der Waals surface area contributed by atoms with Gasteiger partial charge in [-0.25, -0.2) is 8.78 Å². The molecule has 1 unspecified atom stereocenters. The van der Waals surface area contributed by atoms with Crippen LogP contribution in [0.3, 0.4) is 0 Å². The van der Waals surface area contributed by atoms with Crippen LogP contribution in [0.4, 0.5) is 8.78 Å². The summed E-state index contributed by atoms with van der Waals surface area (Å²) in [5, 5.41) is 16.6. The Balaban J connectivity index is 1.59. The largest absolute Gasteiger partial charge is 0.494 e. The Hall–Kier alpha value is -4.02. The predicted molar refractivity (Wildman–Crippen MR) is 117 cm³/mol. The molecule has 3 rings (SSSR count). The van der Waals surface area contributed by atoms with Crippen molar-refractivity contribution >= 4 is 23.6 Å². The predicted octanol–water partition coefficient (Wildman–Crippen LogP) is 1.90. The van der Waals surface area contributed by atoms with Gasteiger partial charge in [0.15, 0.2) is 0 Å². The lowest BCUT2D eigenvalue weighted by molar-refractivity contribution is -0.159. The highest BCUT2D eigenvalue weighted by atomic mass is 19.1. The number of rotatable bonds is 10. The van der Waals surface area contributed by atoms with E-state index in [0.717, 1.165) is 17.0 Å². The van der Waals surface area contributed by atoms with Crippen molar-refractivity contribution in [3.63, 3.8) is 0 Å². The molecule has 4 N–H and O–H groups in total. The molecule has 1 aliphatic rings. The number of nitrogen functional groups attached to an aromatic ring is 1. The molecule has 1 aliphatic heterocycles. The molecule has 0 aromatic heterocycles. The van der Waals surface area contributed by atoms with Crippen LogP contribution < -0.4 is 10.5 Å². The van der Waals surface area contributed by atoms with Crippen molar-refractivity contribution in [3.05, 3.63) is 65.2 Å². The van der Waals surface area contributed by atoms with E-state index in [4.69, 9.17) is 15.9 Å². The van der Waals surface area contributed by atoms with E-state index in [1.807, 2.05) is 0 Å². The summed E-state index contributed by atoms with van der Waals surface area (Å²) in [4.78, 5) is 39.1. The summed E-state index contributed by atoms with van der Waals surface area (Å²) in [6.45, 7) is 0.644. The molecule has 180 valence electrons. The minimum Gasteiger partial charge on any atom is -0.494 e. The molecule has 34 heavy (non-hydrogen) atoms.